The summed E-state index contributed by atoms with van der Waals surface area (Å²) < 4.78 is 0. The van der Waals surface area contributed by atoms with Gasteiger partial charge in [0, 0.05) is 19.6 Å². The Morgan fingerprint density at radius 3 is 2.50 bits per heavy atom. The molecule has 0 spiro atoms. The van der Waals surface area contributed by atoms with Gasteiger partial charge in [0.05, 0.1) is 12.7 Å². The van der Waals surface area contributed by atoms with E-state index >= 15 is 0 Å². The van der Waals surface area contributed by atoms with E-state index in [9.17, 15) is 5.11 Å². The van der Waals surface area contributed by atoms with Crippen LogP contribution in [0.3, 0.4) is 0 Å². The summed E-state index contributed by atoms with van der Waals surface area (Å²) in [6.45, 7) is 2.41. The predicted molar refractivity (Wildman–Crippen MR) is 37.2 cm³/mol. The minimum absolute atomic E-state index is 0.0178. The SMILES string of the molecule is [O]CCN1CCC(O)CC1. The molecule has 1 aliphatic heterocycles. The van der Waals surface area contributed by atoms with E-state index in [1.165, 1.54) is 0 Å². The Kier molecular flexibility index (Phi) is 3.12. The van der Waals surface area contributed by atoms with Crippen molar-refractivity contribution in [2.75, 3.05) is 26.2 Å². The fourth-order valence-corrected chi connectivity index (χ4v) is 1.27. The zero-order chi connectivity index (χ0) is 7.40. The van der Waals surface area contributed by atoms with Crippen LogP contribution in [0.2, 0.25) is 0 Å². The van der Waals surface area contributed by atoms with Crippen molar-refractivity contribution >= 4 is 0 Å². The first-order valence-corrected chi connectivity index (χ1v) is 3.81. The van der Waals surface area contributed by atoms with Crippen LogP contribution in [0.4, 0.5) is 0 Å². The molecule has 0 saturated carbocycles. The van der Waals surface area contributed by atoms with Crippen LogP contribution in [0.5, 0.6) is 0 Å². The third kappa shape index (κ3) is 2.25. The molecule has 1 radical (unpaired) electrons. The van der Waals surface area contributed by atoms with E-state index in [1.807, 2.05) is 0 Å². The van der Waals surface area contributed by atoms with E-state index in [1.54, 1.807) is 0 Å². The van der Waals surface area contributed by atoms with Gasteiger partial charge < -0.3 is 10.0 Å². The van der Waals surface area contributed by atoms with Gasteiger partial charge in [-0.1, -0.05) is 0 Å². The minimum Gasteiger partial charge on any atom is -0.393 e. The molecule has 10 heavy (non-hydrogen) atoms. The summed E-state index contributed by atoms with van der Waals surface area (Å²) in [5.74, 6) is 0. The number of hydrogen-bond donors (Lipinski definition) is 1. The van der Waals surface area contributed by atoms with E-state index in [-0.39, 0.29) is 12.7 Å². The smallest absolute Gasteiger partial charge is 0.0949 e. The average molecular weight is 144 g/mol. The second-order valence-corrected chi connectivity index (χ2v) is 2.78. The summed E-state index contributed by atoms with van der Waals surface area (Å²) >= 11 is 0. The highest BCUT2D eigenvalue weighted by molar-refractivity contribution is 4.70. The standard InChI is InChI=1S/C7H14NO2/c9-6-5-8-3-1-7(10)2-4-8/h7,10H,1-6H2. The molecule has 0 aromatic rings. The van der Waals surface area contributed by atoms with E-state index in [2.05, 4.69) is 4.90 Å². The highest BCUT2D eigenvalue weighted by Gasteiger charge is 2.15. The minimum atomic E-state index is -0.122. The van der Waals surface area contributed by atoms with Crippen LogP contribution >= 0.6 is 0 Å². The molecule has 1 N–H and O–H groups in total. The van der Waals surface area contributed by atoms with Crippen LogP contribution in [-0.2, 0) is 5.11 Å². The summed E-state index contributed by atoms with van der Waals surface area (Å²) in [7, 11) is 0. The first-order chi connectivity index (χ1) is 4.83. The molecule has 0 bridgehead atoms. The van der Waals surface area contributed by atoms with Crippen molar-refractivity contribution in [3.63, 3.8) is 0 Å². The van der Waals surface area contributed by atoms with Crippen LogP contribution in [-0.4, -0.2) is 42.4 Å². The quantitative estimate of drug-likeness (QED) is 0.587. The van der Waals surface area contributed by atoms with Gasteiger partial charge in [0.15, 0.2) is 0 Å². The third-order valence-electron chi connectivity index (χ3n) is 1.96. The number of aliphatic hydroxyl groups excluding tert-OH is 1. The van der Waals surface area contributed by atoms with Crippen LogP contribution in [0, 0.1) is 0 Å². The van der Waals surface area contributed by atoms with Crippen molar-refractivity contribution in [2.24, 2.45) is 0 Å². The number of rotatable bonds is 2. The number of aliphatic hydroxyl groups is 1. The fourth-order valence-electron chi connectivity index (χ4n) is 1.27. The Morgan fingerprint density at radius 1 is 1.40 bits per heavy atom. The van der Waals surface area contributed by atoms with E-state index < -0.39 is 0 Å². The number of piperidine rings is 1. The maximum atomic E-state index is 10.2. The van der Waals surface area contributed by atoms with Crippen LogP contribution in [0.15, 0.2) is 0 Å². The number of hydrogen-bond acceptors (Lipinski definition) is 2. The van der Waals surface area contributed by atoms with Crippen molar-refractivity contribution in [1.29, 1.82) is 0 Å². The molecule has 0 amide bonds. The van der Waals surface area contributed by atoms with Gasteiger partial charge in [-0.05, 0) is 12.8 Å². The second-order valence-electron chi connectivity index (χ2n) is 2.78. The summed E-state index contributed by atoms with van der Waals surface area (Å²) in [4.78, 5) is 2.11. The Hall–Kier alpha value is -0.120. The molecule has 0 aliphatic carbocycles. The highest BCUT2D eigenvalue weighted by atomic mass is 16.3. The average Bonchev–Trinajstić information content (AvgIpc) is 1.95. The van der Waals surface area contributed by atoms with Crippen LogP contribution in [0.25, 0.3) is 0 Å². The lowest BCUT2D eigenvalue weighted by molar-refractivity contribution is 0.0637. The normalized spacial score (nSPS) is 23.4. The molecule has 1 rings (SSSR count). The van der Waals surface area contributed by atoms with Gasteiger partial charge in [-0.25, -0.2) is 5.11 Å². The molecule has 0 aromatic heterocycles. The Balaban J connectivity index is 2.13. The Bertz CT molecular complexity index is 89.6. The number of nitrogens with zero attached hydrogens (tertiary/aromatic N) is 1. The molecule has 0 unspecified atom stereocenters. The van der Waals surface area contributed by atoms with Gasteiger partial charge in [0.2, 0.25) is 0 Å². The highest BCUT2D eigenvalue weighted by Crippen LogP contribution is 2.08. The molecule has 0 atom stereocenters. The molecule has 0 aromatic carbocycles. The summed E-state index contributed by atoms with van der Waals surface area (Å²) in [5.41, 5.74) is 0. The topological polar surface area (TPSA) is 43.4 Å². The first-order valence-electron chi connectivity index (χ1n) is 3.81. The van der Waals surface area contributed by atoms with Crippen molar-refractivity contribution in [1.82, 2.24) is 4.90 Å². The first kappa shape index (κ1) is 7.98. The fraction of sp³-hybridized carbons (Fsp3) is 1.00. The van der Waals surface area contributed by atoms with Crippen molar-refractivity contribution in [3.05, 3.63) is 0 Å². The van der Waals surface area contributed by atoms with Crippen molar-refractivity contribution < 1.29 is 10.2 Å². The van der Waals surface area contributed by atoms with Crippen LogP contribution < -0.4 is 0 Å². The lowest BCUT2D eigenvalue weighted by atomic mass is 10.1. The molecular formula is C7H14NO2. The van der Waals surface area contributed by atoms with Gasteiger partial charge in [-0.3, -0.25) is 0 Å². The van der Waals surface area contributed by atoms with E-state index in [0.29, 0.717) is 6.54 Å². The summed E-state index contributed by atoms with van der Waals surface area (Å²) in [6.07, 6.45) is 1.54. The van der Waals surface area contributed by atoms with Gasteiger partial charge >= 0.3 is 0 Å². The van der Waals surface area contributed by atoms with Gasteiger partial charge in [-0.2, -0.15) is 0 Å². The monoisotopic (exact) mass is 144 g/mol. The molecule has 59 valence electrons. The summed E-state index contributed by atoms with van der Waals surface area (Å²) in [6, 6.07) is 0. The summed E-state index contributed by atoms with van der Waals surface area (Å²) in [5, 5.41) is 19.3. The van der Waals surface area contributed by atoms with Crippen molar-refractivity contribution in [3.8, 4) is 0 Å². The molecule has 1 saturated heterocycles. The molecule has 1 heterocycles. The van der Waals surface area contributed by atoms with Gasteiger partial charge in [0.25, 0.3) is 0 Å². The largest absolute Gasteiger partial charge is 0.393 e. The lowest BCUT2D eigenvalue weighted by Gasteiger charge is -2.28. The van der Waals surface area contributed by atoms with Crippen LogP contribution in [0.1, 0.15) is 12.8 Å². The molecule has 1 fully saturated rings. The molecule has 3 nitrogen and oxygen atoms in total. The molecule has 3 heteroatoms. The van der Waals surface area contributed by atoms with Gasteiger partial charge in [0.1, 0.15) is 0 Å². The van der Waals surface area contributed by atoms with Crippen molar-refractivity contribution in [2.45, 2.75) is 18.9 Å². The maximum Gasteiger partial charge on any atom is 0.0949 e. The van der Waals surface area contributed by atoms with E-state index in [0.717, 1.165) is 25.9 Å². The van der Waals surface area contributed by atoms with E-state index in [4.69, 9.17) is 5.11 Å². The second kappa shape index (κ2) is 3.91. The molecule has 1 aliphatic rings. The third-order valence-corrected chi connectivity index (χ3v) is 1.96. The van der Waals surface area contributed by atoms with Gasteiger partial charge in [-0.15, -0.1) is 0 Å². The zero-order valence-corrected chi connectivity index (χ0v) is 6.12. The predicted octanol–water partition coefficient (Wildman–Crippen LogP) is -0.126. The Labute approximate surface area is 61.3 Å². The lowest BCUT2D eigenvalue weighted by Crippen LogP contribution is -2.37. The molecular weight excluding hydrogens is 130 g/mol. The maximum absolute atomic E-state index is 10.2. The Morgan fingerprint density at radius 2 is 2.00 bits per heavy atom. The number of likely N-dealkylation sites (tertiary alicyclic amines) is 1. The zero-order valence-electron chi connectivity index (χ0n) is 6.12.